The molecule has 1 aliphatic heterocycles. The third kappa shape index (κ3) is 8.99. The Hall–Kier alpha value is -0.690. The van der Waals surface area contributed by atoms with Crippen molar-refractivity contribution in [1.29, 1.82) is 0 Å². The second-order valence-electron chi connectivity index (χ2n) is 7.00. The molecule has 4 atom stereocenters. The highest BCUT2D eigenvalue weighted by Crippen LogP contribution is 2.19. The third-order valence-corrected chi connectivity index (χ3v) is 4.78. The number of ether oxygens (including phenoxy) is 2. The summed E-state index contributed by atoms with van der Waals surface area (Å²) in [6.45, 7) is 1.84. The predicted molar refractivity (Wildman–Crippen MR) is 95.2 cm³/mol. The van der Waals surface area contributed by atoms with Gasteiger partial charge >= 0.3 is 5.97 Å². The number of carbonyl (C=O) groups is 1. The number of hydrogen-bond acceptors (Lipinski definition) is 6. The minimum Gasteiger partial charge on any atom is -0.457 e. The average molecular weight is 360 g/mol. The highest BCUT2D eigenvalue weighted by Gasteiger charge is 2.40. The van der Waals surface area contributed by atoms with E-state index in [1.165, 1.54) is 44.9 Å². The number of rotatable bonds is 13. The first-order valence-electron chi connectivity index (χ1n) is 9.88. The van der Waals surface area contributed by atoms with E-state index in [2.05, 4.69) is 6.92 Å². The Kier molecular flexibility index (Phi) is 12.1. The molecule has 6 nitrogen and oxygen atoms in total. The van der Waals surface area contributed by atoms with Crippen molar-refractivity contribution in [3.8, 4) is 0 Å². The largest absolute Gasteiger partial charge is 0.457 e. The molecule has 1 heterocycles. The van der Waals surface area contributed by atoms with Crippen LogP contribution in [-0.2, 0) is 14.3 Å². The molecule has 6 heteroatoms. The van der Waals surface area contributed by atoms with Crippen molar-refractivity contribution in [3.05, 3.63) is 0 Å². The quantitative estimate of drug-likeness (QED) is 0.345. The van der Waals surface area contributed by atoms with Crippen molar-refractivity contribution in [2.75, 3.05) is 13.2 Å². The Balaban J connectivity index is 2.02. The van der Waals surface area contributed by atoms with Crippen molar-refractivity contribution < 1.29 is 29.6 Å². The Bertz CT molecular complexity index is 349. The second kappa shape index (κ2) is 13.5. The topological polar surface area (TPSA) is 96.2 Å². The van der Waals surface area contributed by atoms with Crippen LogP contribution in [0.15, 0.2) is 0 Å². The van der Waals surface area contributed by atoms with Crippen LogP contribution in [0.25, 0.3) is 0 Å². The summed E-state index contributed by atoms with van der Waals surface area (Å²) in [7, 11) is 0. The predicted octanol–water partition coefficient (Wildman–Crippen LogP) is 2.32. The van der Waals surface area contributed by atoms with Crippen molar-refractivity contribution in [2.24, 2.45) is 0 Å². The Labute approximate surface area is 151 Å². The first kappa shape index (κ1) is 22.4. The van der Waals surface area contributed by atoms with Crippen LogP contribution in [0.1, 0.15) is 77.6 Å². The van der Waals surface area contributed by atoms with Gasteiger partial charge in [0, 0.05) is 6.42 Å². The van der Waals surface area contributed by atoms with E-state index in [1.54, 1.807) is 0 Å². The number of esters is 1. The molecule has 1 rings (SSSR count). The van der Waals surface area contributed by atoms with Gasteiger partial charge in [0.15, 0.2) is 6.10 Å². The van der Waals surface area contributed by atoms with Gasteiger partial charge in [-0.15, -0.1) is 0 Å². The molecule has 0 aromatic heterocycles. The molecular formula is C19H36O6. The zero-order valence-corrected chi connectivity index (χ0v) is 15.6. The fraction of sp³-hybridized carbons (Fsp3) is 0.947. The molecule has 0 unspecified atom stereocenters. The summed E-state index contributed by atoms with van der Waals surface area (Å²) >= 11 is 0. The van der Waals surface area contributed by atoms with Crippen LogP contribution in [0, 0.1) is 0 Å². The average Bonchev–Trinajstić information content (AvgIpc) is 2.61. The number of carbonyl (C=O) groups excluding carboxylic acids is 1. The van der Waals surface area contributed by atoms with E-state index in [-0.39, 0.29) is 19.2 Å². The lowest BCUT2D eigenvalue weighted by Gasteiger charge is -2.36. The summed E-state index contributed by atoms with van der Waals surface area (Å²) < 4.78 is 10.4. The zero-order valence-electron chi connectivity index (χ0n) is 15.6. The van der Waals surface area contributed by atoms with Gasteiger partial charge in [-0.25, -0.2) is 0 Å². The smallest absolute Gasteiger partial charge is 0.306 e. The highest BCUT2D eigenvalue weighted by molar-refractivity contribution is 5.69. The molecule has 0 amide bonds. The monoisotopic (exact) mass is 360 g/mol. The van der Waals surface area contributed by atoms with Crippen LogP contribution >= 0.6 is 0 Å². The zero-order chi connectivity index (χ0) is 18.5. The molecule has 0 aromatic rings. The molecule has 3 N–H and O–H groups in total. The van der Waals surface area contributed by atoms with Gasteiger partial charge in [-0.05, 0) is 6.42 Å². The fourth-order valence-corrected chi connectivity index (χ4v) is 3.10. The van der Waals surface area contributed by atoms with Crippen LogP contribution in [0.4, 0.5) is 0 Å². The fourth-order valence-electron chi connectivity index (χ4n) is 3.10. The molecule has 0 aliphatic carbocycles. The Morgan fingerprint density at radius 2 is 1.52 bits per heavy atom. The van der Waals surface area contributed by atoms with Crippen LogP contribution in [0.5, 0.6) is 0 Å². The molecule has 1 fully saturated rings. The number of aliphatic hydroxyl groups excluding tert-OH is 3. The van der Waals surface area contributed by atoms with Crippen molar-refractivity contribution >= 4 is 5.97 Å². The standard InChI is InChI=1S/C19H36O6/c1-2-3-4-5-6-7-8-9-10-11-12-17(21)25-16-14-24-15(13-20)18(22)19(16)23/h15-16,18-20,22-23H,2-14H2,1H3/t15-,16-,18-,19-/m1/s1. The number of hydrogen-bond donors (Lipinski definition) is 3. The maximum absolute atomic E-state index is 11.8. The first-order chi connectivity index (χ1) is 12.1. The van der Waals surface area contributed by atoms with Gasteiger partial charge in [-0.1, -0.05) is 64.7 Å². The first-order valence-corrected chi connectivity index (χ1v) is 9.88. The Morgan fingerprint density at radius 1 is 0.960 bits per heavy atom. The van der Waals surface area contributed by atoms with Gasteiger partial charge in [-0.3, -0.25) is 4.79 Å². The summed E-state index contributed by atoms with van der Waals surface area (Å²) in [6.07, 6.45) is 8.14. The summed E-state index contributed by atoms with van der Waals surface area (Å²) in [4.78, 5) is 11.8. The van der Waals surface area contributed by atoms with E-state index in [0.29, 0.717) is 6.42 Å². The van der Waals surface area contributed by atoms with Gasteiger partial charge in [0.25, 0.3) is 0 Å². The van der Waals surface area contributed by atoms with Gasteiger partial charge in [0.1, 0.15) is 18.3 Å². The molecule has 1 aliphatic rings. The van der Waals surface area contributed by atoms with Crippen molar-refractivity contribution in [3.63, 3.8) is 0 Å². The molecule has 0 spiro atoms. The van der Waals surface area contributed by atoms with Gasteiger partial charge in [0.05, 0.1) is 13.2 Å². The molecule has 0 saturated carbocycles. The molecule has 0 radical (unpaired) electrons. The Morgan fingerprint density at radius 3 is 2.08 bits per heavy atom. The van der Waals surface area contributed by atoms with Gasteiger partial charge in [-0.2, -0.15) is 0 Å². The molecule has 1 saturated heterocycles. The van der Waals surface area contributed by atoms with Crippen LogP contribution < -0.4 is 0 Å². The maximum atomic E-state index is 11.8. The minimum absolute atomic E-state index is 0.00672. The molecule has 0 bridgehead atoms. The van der Waals surface area contributed by atoms with Crippen LogP contribution in [-0.4, -0.2) is 58.9 Å². The molecule has 148 valence electrons. The summed E-state index contributed by atoms with van der Waals surface area (Å²) in [5.74, 6) is -0.373. The van der Waals surface area contributed by atoms with Gasteiger partial charge in [0.2, 0.25) is 0 Å². The lowest BCUT2D eigenvalue weighted by Crippen LogP contribution is -2.55. The van der Waals surface area contributed by atoms with E-state index in [0.717, 1.165) is 19.3 Å². The van der Waals surface area contributed by atoms with Crippen LogP contribution in [0.2, 0.25) is 0 Å². The second-order valence-corrected chi connectivity index (χ2v) is 7.00. The van der Waals surface area contributed by atoms with E-state index in [4.69, 9.17) is 14.6 Å². The van der Waals surface area contributed by atoms with Crippen LogP contribution in [0.3, 0.4) is 0 Å². The number of aliphatic hydroxyl groups is 3. The lowest BCUT2D eigenvalue weighted by atomic mass is 10.0. The molecule has 0 aromatic carbocycles. The SMILES string of the molecule is CCCCCCCCCCCCC(=O)O[C@@H]1CO[C@H](CO)[C@@H](O)[C@@H]1O. The van der Waals surface area contributed by atoms with Gasteiger partial charge < -0.3 is 24.8 Å². The summed E-state index contributed by atoms with van der Waals surface area (Å²) in [5.41, 5.74) is 0. The third-order valence-electron chi connectivity index (χ3n) is 4.78. The summed E-state index contributed by atoms with van der Waals surface area (Å²) in [5, 5.41) is 28.7. The molecular weight excluding hydrogens is 324 g/mol. The van der Waals surface area contributed by atoms with Crippen molar-refractivity contribution in [2.45, 2.75) is 102 Å². The van der Waals surface area contributed by atoms with Crippen molar-refractivity contribution in [1.82, 2.24) is 0 Å². The number of unbranched alkanes of at least 4 members (excludes halogenated alkanes) is 9. The van der Waals surface area contributed by atoms with E-state index in [1.807, 2.05) is 0 Å². The van der Waals surface area contributed by atoms with E-state index >= 15 is 0 Å². The summed E-state index contributed by atoms with van der Waals surface area (Å²) in [6, 6.07) is 0. The van der Waals surface area contributed by atoms with E-state index in [9.17, 15) is 15.0 Å². The molecule has 25 heavy (non-hydrogen) atoms. The minimum atomic E-state index is -1.24. The maximum Gasteiger partial charge on any atom is 0.306 e. The lowest BCUT2D eigenvalue weighted by molar-refractivity contribution is -0.210. The van der Waals surface area contributed by atoms with E-state index < -0.39 is 24.4 Å². The highest BCUT2D eigenvalue weighted by atomic mass is 16.6. The normalized spacial score (nSPS) is 26.6.